The summed E-state index contributed by atoms with van der Waals surface area (Å²) in [7, 11) is 4.08. The summed E-state index contributed by atoms with van der Waals surface area (Å²) >= 11 is 0. The van der Waals surface area contributed by atoms with Crippen LogP contribution in [0.2, 0.25) is 0 Å². The van der Waals surface area contributed by atoms with Crippen LogP contribution in [0.25, 0.3) is 0 Å². The molecule has 0 aromatic carbocycles. The zero-order valence-corrected chi connectivity index (χ0v) is 12.3. The number of aromatic nitrogens is 1. The Bertz CT molecular complexity index is 437. The molecule has 7 heteroatoms. The number of rotatable bonds is 9. The average Bonchev–Trinajstić information content (AvgIpc) is 2.38. The average molecular weight is 281 g/mol. The van der Waals surface area contributed by atoms with Crippen LogP contribution in [-0.4, -0.2) is 48.5 Å². The topological polar surface area (TPSA) is 83.3 Å². The minimum Gasteiger partial charge on any atom is -0.370 e. The van der Waals surface area contributed by atoms with Gasteiger partial charge >= 0.3 is 0 Å². The Kier molecular flexibility index (Phi) is 6.72. The van der Waals surface area contributed by atoms with Crippen molar-refractivity contribution in [3.05, 3.63) is 22.2 Å². The van der Waals surface area contributed by atoms with E-state index in [1.807, 2.05) is 21.0 Å². The Morgan fingerprint density at radius 1 is 1.25 bits per heavy atom. The SMILES string of the molecule is CCNc1cc([N+](=O)[O-])cc(NCCCCN(C)C)n1. The van der Waals surface area contributed by atoms with E-state index in [1.165, 1.54) is 12.1 Å². The van der Waals surface area contributed by atoms with Crippen molar-refractivity contribution in [2.45, 2.75) is 19.8 Å². The zero-order chi connectivity index (χ0) is 15.0. The number of nitrogens with one attached hydrogen (secondary N) is 2. The van der Waals surface area contributed by atoms with E-state index in [9.17, 15) is 10.1 Å². The highest BCUT2D eigenvalue weighted by atomic mass is 16.6. The maximum atomic E-state index is 10.9. The zero-order valence-electron chi connectivity index (χ0n) is 12.3. The summed E-state index contributed by atoms with van der Waals surface area (Å²) in [4.78, 5) is 16.9. The molecule has 7 nitrogen and oxygen atoms in total. The van der Waals surface area contributed by atoms with Gasteiger partial charge in [0.25, 0.3) is 5.69 Å². The molecule has 20 heavy (non-hydrogen) atoms. The summed E-state index contributed by atoms with van der Waals surface area (Å²) in [5, 5.41) is 17.0. The molecule has 0 atom stereocenters. The Hall–Kier alpha value is -1.89. The van der Waals surface area contributed by atoms with Crippen molar-refractivity contribution in [2.24, 2.45) is 0 Å². The number of nitrogens with zero attached hydrogens (tertiary/aromatic N) is 3. The quantitative estimate of drug-likeness (QED) is 0.410. The van der Waals surface area contributed by atoms with Crippen molar-refractivity contribution < 1.29 is 4.92 Å². The Morgan fingerprint density at radius 3 is 2.45 bits per heavy atom. The number of pyridine rings is 1. The molecule has 1 heterocycles. The van der Waals surface area contributed by atoms with Crippen molar-refractivity contribution in [3.8, 4) is 0 Å². The predicted molar refractivity (Wildman–Crippen MR) is 81.3 cm³/mol. The molecule has 0 bridgehead atoms. The minimum absolute atomic E-state index is 0.0479. The molecule has 0 fully saturated rings. The molecule has 0 spiro atoms. The van der Waals surface area contributed by atoms with Gasteiger partial charge < -0.3 is 15.5 Å². The van der Waals surface area contributed by atoms with Gasteiger partial charge in [-0.2, -0.15) is 0 Å². The molecular weight excluding hydrogens is 258 g/mol. The molecule has 0 radical (unpaired) electrons. The molecule has 0 saturated carbocycles. The van der Waals surface area contributed by atoms with Gasteiger partial charge in [0, 0.05) is 13.1 Å². The summed E-state index contributed by atoms with van der Waals surface area (Å²) in [5.41, 5.74) is 0.0479. The van der Waals surface area contributed by atoms with Crippen molar-refractivity contribution in [3.63, 3.8) is 0 Å². The second-order valence-corrected chi connectivity index (χ2v) is 4.82. The van der Waals surface area contributed by atoms with Gasteiger partial charge in [0.15, 0.2) is 0 Å². The highest BCUT2D eigenvalue weighted by Crippen LogP contribution is 2.20. The van der Waals surface area contributed by atoms with E-state index in [0.29, 0.717) is 18.2 Å². The van der Waals surface area contributed by atoms with Crippen LogP contribution in [0.3, 0.4) is 0 Å². The standard InChI is InChI=1S/C13H23N5O2/c1-4-14-12-9-11(18(19)20)10-13(16-12)15-7-5-6-8-17(2)3/h9-10H,4-8H2,1-3H3,(H2,14,15,16). The second kappa shape index (κ2) is 8.31. The maximum absolute atomic E-state index is 10.9. The van der Waals surface area contributed by atoms with Gasteiger partial charge in [-0.15, -0.1) is 0 Å². The number of unbranched alkanes of at least 4 members (excludes halogenated alkanes) is 1. The first kappa shape index (κ1) is 16.2. The first-order chi connectivity index (χ1) is 9.52. The third kappa shape index (κ3) is 5.83. The van der Waals surface area contributed by atoms with Crippen molar-refractivity contribution in [1.82, 2.24) is 9.88 Å². The summed E-state index contributed by atoms with van der Waals surface area (Å²) in [6.45, 7) is 4.39. The van der Waals surface area contributed by atoms with Gasteiger partial charge in [-0.05, 0) is 40.4 Å². The number of hydrogen-bond acceptors (Lipinski definition) is 6. The van der Waals surface area contributed by atoms with Crippen LogP contribution >= 0.6 is 0 Å². The van der Waals surface area contributed by atoms with E-state index in [1.54, 1.807) is 0 Å². The fourth-order valence-electron chi connectivity index (χ4n) is 1.75. The molecular formula is C13H23N5O2. The third-order valence-electron chi connectivity index (χ3n) is 2.72. The van der Waals surface area contributed by atoms with Crippen molar-refractivity contribution in [2.75, 3.05) is 44.4 Å². The van der Waals surface area contributed by atoms with Crippen LogP contribution in [-0.2, 0) is 0 Å². The smallest absolute Gasteiger partial charge is 0.276 e. The molecule has 0 amide bonds. The van der Waals surface area contributed by atoms with Crippen LogP contribution in [0.1, 0.15) is 19.8 Å². The highest BCUT2D eigenvalue weighted by molar-refractivity contribution is 5.54. The van der Waals surface area contributed by atoms with Crippen LogP contribution in [0.15, 0.2) is 12.1 Å². The summed E-state index contributed by atoms with van der Waals surface area (Å²) < 4.78 is 0. The molecule has 112 valence electrons. The Balaban J connectivity index is 2.57. The highest BCUT2D eigenvalue weighted by Gasteiger charge is 2.10. The van der Waals surface area contributed by atoms with Crippen LogP contribution in [0.5, 0.6) is 0 Å². The third-order valence-corrected chi connectivity index (χ3v) is 2.72. The lowest BCUT2D eigenvalue weighted by Gasteiger charge is -2.10. The molecule has 0 aliphatic carbocycles. The largest absolute Gasteiger partial charge is 0.370 e. The fraction of sp³-hybridized carbons (Fsp3) is 0.615. The van der Waals surface area contributed by atoms with E-state index in [4.69, 9.17) is 0 Å². The summed E-state index contributed by atoms with van der Waals surface area (Å²) in [6, 6.07) is 2.91. The van der Waals surface area contributed by atoms with Crippen molar-refractivity contribution >= 4 is 17.3 Å². The van der Waals surface area contributed by atoms with E-state index < -0.39 is 4.92 Å². The first-order valence-corrected chi connectivity index (χ1v) is 6.82. The predicted octanol–water partition coefficient (Wildman–Crippen LogP) is 2.18. The van der Waals surface area contributed by atoms with Crippen LogP contribution in [0, 0.1) is 10.1 Å². The first-order valence-electron chi connectivity index (χ1n) is 6.82. The molecule has 0 saturated heterocycles. The van der Waals surface area contributed by atoms with Gasteiger partial charge in [0.05, 0.1) is 17.1 Å². The lowest BCUT2D eigenvalue weighted by molar-refractivity contribution is -0.384. The van der Waals surface area contributed by atoms with Crippen LogP contribution in [0.4, 0.5) is 17.3 Å². The number of anilines is 2. The Morgan fingerprint density at radius 2 is 1.90 bits per heavy atom. The number of hydrogen-bond donors (Lipinski definition) is 2. The molecule has 1 aromatic rings. The molecule has 0 aliphatic rings. The molecule has 0 unspecified atom stereocenters. The van der Waals surface area contributed by atoms with E-state index in [0.717, 1.165) is 25.9 Å². The van der Waals surface area contributed by atoms with Crippen LogP contribution < -0.4 is 10.6 Å². The van der Waals surface area contributed by atoms with Crippen molar-refractivity contribution in [1.29, 1.82) is 0 Å². The Labute approximate surface area is 119 Å². The van der Waals surface area contributed by atoms with Gasteiger partial charge in [0.1, 0.15) is 11.6 Å². The lowest BCUT2D eigenvalue weighted by atomic mass is 10.3. The summed E-state index contributed by atoms with van der Waals surface area (Å²) in [5.74, 6) is 1.07. The molecule has 2 N–H and O–H groups in total. The normalized spacial score (nSPS) is 10.6. The van der Waals surface area contributed by atoms with E-state index >= 15 is 0 Å². The lowest BCUT2D eigenvalue weighted by Crippen LogP contribution is -2.14. The van der Waals surface area contributed by atoms with E-state index in [2.05, 4.69) is 20.5 Å². The van der Waals surface area contributed by atoms with Gasteiger partial charge in [0.2, 0.25) is 0 Å². The number of nitro groups is 1. The molecule has 0 aliphatic heterocycles. The monoisotopic (exact) mass is 281 g/mol. The maximum Gasteiger partial charge on any atom is 0.276 e. The fourth-order valence-corrected chi connectivity index (χ4v) is 1.75. The van der Waals surface area contributed by atoms with E-state index in [-0.39, 0.29) is 5.69 Å². The molecule has 1 rings (SSSR count). The van der Waals surface area contributed by atoms with Gasteiger partial charge in [-0.1, -0.05) is 0 Å². The van der Waals surface area contributed by atoms with Gasteiger partial charge in [-0.3, -0.25) is 10.1 Å². The summed E-state index contributed by atoms with van der Waals surface area (Å²) in [6.07, 6.45) is 2.08. The second-order valence-electron chi connectivity index (χ2n) is 4.82. The minimum atomic E-state index is -0.403. The molecule has 1 aromatic heterocycles. The van der Waals surface area contributed by atoms with Gasteiger partial charge in [-0.25, -0.2) is 4.98 Å².